The van der Waals surface area contributed by atoms with Crippen LogP contribution >= 0.6 is 0 Å². The molecule has 0 aliphatic heterocycles. The number of rotatable bonds is 3. The molecule has 3 fully saturated rings. The zero-order chi connectivity index (χ0) is 20.1. The van der Waals surface area contributed by atoms with Gasteiger partial charge in [-0.1, -0.05) is 48.3 Å². The molecule has 0 aromatic carbocycles. The molecule has 0 saturated heterocycles. The molecule has 0 radical (unpaired) electrons. The predicted octanol–water partition coefficient (Wildman–Crippen LogP) is 7.37. The fraction of sp³-hybridized carbons (Fsp3) is 0.778. The number of hydrogen-bond donors (Lipinski definition) is 1. The third kappa shape index (κ3) is 3.26. The van der Waals surface area contributed by atoms with Crippen LogP contribution in [0.3, 0.4) is 0 Å². The van der Waals surface area contributed by atoms with Gasteiger partial charge in [-0.2, -0.15) is 0 Å². The van der Waals surface area contributed by atoms with Gasteiger partial charge in [0.2, 0.25) is 0 Å². The summed E-state index contributed by atoms with van der Waals surface area (Å²) in [6.45, 7) is 12.0. The molecule has 0 unspecified atom stereocenters. The Morgan fingerprint density at radius 1 is 1.07 bits per heavy atom. The lowest BCUT2D eigenvalue weighted by atomic mass is 9.47. The third-order valence-electron chi connectivity index (χ3n) is 9.45. The van der Waals surface area contributed by atoms with Crippen LogP contribution in [0.4, 0.5) is 0 Å². The molecule has 3 saturated carbocycles. The van der Waals surface area contributed by atoms with Crippen molar-refractivity contribution in [3.63, 3.8) is 0 Å². The van der Waals surface area contributed by atoms with Gasteiger partial charge < -0.3 is 5.11 Å². The van der Waals surface area contributed by atoms with Gasteiger partial charge in [0.05, 0.1) is 6.10 Å². The molecule has 28 heavy (non-hydrogen) atoms. The minimum Gasteiger partial charge on any atom is -0.393 e. The summed E-state index contributed by atoms with van der Waals surface area (Å²) in [5.41, 5.74) is 7.39. The topological polar surface area (TPSA) is 20.2 Å². The first-order valence-electron chi connectivity index (χ1n) is 12.0. The second-order valence-corrected chi connectivity index (χ2v) is 11.2. The van der Waals surface area contributed by atoms with E-state index in [-0.39, 0.29) is 6.10 Å². The van der Waals surface area contributed by atoms with E-state index >= 15 is 0 Å². The highest BCUT2D eigenvalue weighted by atomic mass is 16.3. The lowest BCUT2D eigenvalue weighted by Gasteiger charge is -2.57. The third-order valence-corrected chi connectivity index (χ3v) is 9.45. The van der Waals surface area contributed by atoms with E-state index in [0.29, 0.717) is 10.8 Å². The summed E-state index contributed by atoms with van der Waals surface area (Å²) in [6, 6.07) is 0. The quantitative estimate of drug-likeness (QED) is 0.505. The van der Waals surface area contributed by atoms with Crippen molar-refractivity contribution in [3.05, 3.63) is 34.4 Å². The molecule has 156 valence electrons. The van der Waals surface area contributed by atoms with Crippen molar-refractivity contribution in [1.29, 1.82) is 0 Å². The van der Waals surface area contributed by atoms with Gasteiger partial charge in [-0.05, 0) is 114 Å². The minimum atomic E-state index is -0.0887. The predicted molar refractivity (Wildman–Crippen MR) is 119 cm³/mol. The summed E-state index contributed by atoms with van der Waals surface area (Å²) in [4.78, 5) is 0. The van der Waals surface area contributed by atoms with Crippen LogP contribution in [0.15, 0.2) is 34.4 Å². The zero-order valence-corrected chi connectivity index (χ0v) is 19.0. The molecule has 1 nitrogen and oxygen atoms in total. The summed E-state index contributed by atoms with van der Waals surface area (Å²) in [6.07, 6.45) is 17.3. The lowest BCUT2D eigenvalue weighted by molar-refractivity contribution is -0.0270. The molecule has 6 atom stereocenters. The van der Waals surface area contributed by atoms with Crippen molar-refractivity contribution < 1.29 is 5.11 Å². The molecule has 0 spiro atoms. The Morgan fingerprint density at radius 3 is 2.54 bits per heavy atom. The first kappa shape index (κ1) is 20.5. The van der Waals surface area contributed by atoms with Gasteiger partial charge in [0.25, 0.3) is 0 Å². The second kappa shape index (κ2) is 7.46. The van der Waals surface area contributed by atoms with Crippen molar-refractivity contribution in [3.8, 4) is 0 Å². The largest absolute Gasteiger partial charge is 0.393 e. The summed E-state index contributed by atoms with van der Waals surface area (Å²) in [5, 5.41) is 10.2. The van der Waals surface area contributed by atoms with Gasteiger partial charge in [0.1, 0.15) is 0 Å². The van der Waals surface area contributed by atoms with Crippen LogP contribution in [0, 0.1) is 28.6 Å². The molecule has 1 heteroatoms. The van der Waals surface area contributed by atoms with E-state index in [1.54, 1.807) is 11.1 Å². The van der Waals surface area contributed by atoms with Gasteiger partial charge in [-0.3, -0.25) is 0 Å². The second-order valence-electron chi connectivity index (χ2n) is 11.2. The summed E-state index contributed by atoms with van der Waals surface area (Å²) in [5.74, 6) is 2.59. The summed E-state index contributed by atoms with van der Waals surface area (Å²) in [7, 11) is 0. The summed E-state index contributed by atoms with van der Waals surface area (Å²) < 4.78 is 0. The molecule has 0 amide bonds. The van der Waals surface area contributed by atoms with E-state index in [9.17, 15) is 5.11 Å². The number of aliphatic hydroxyl groups is 1. The monoisotopic (exact) mass is 382 g/mol. The fourth-order valence-corrected chi connectivity index (χ4v) is 7.88. The Labute approximate surface area is 173 Å². The maximum Gasteiger partial charge on any atom is 0.0577 e. The lowest BCUT2D eigenvalue weighted by Crippen LogP contribution is -2.49. The van der Waals surface area contributed by atoms with Gasteiger partial charge in [0, 0.05) is 0 Å². The Hall–Kier alpha value is -0.820. The van der Waals surface area contributed by atoms with Crippen LogP contribution in [0.5, 0.6) is 0 Å². The molecule has 0 aromatic heterocycles. The van der Waals surface area contributed by atoms with Crippen molar-refractivity contribution in [2.45, 2.75) is 105 Å². The van der Waals surface area contributed by atoms with E-state index in [2.05, 4.69) is 46.8 Å². The summed E-state index contributed by atoms with van der Waals surface area (Å²) >= 11 is 0. The Kier molecular flexibility index (Phi) is 5.45. The van der Waals surface area contributed by atoms with Crippen LogP contribution in [0.25, 0.3) is 0 Å². The van der Waals surface area contributed by atoms with E-state index in [1.807, 2.05) is 5.57 Å². The van der Waals surface area contributed by atoms with Gasteiger partial charge in [-0.15, -0.1) is 0 Å². The maximum atomic E-state index is 10.2. The molecule has 0 heterocycles. The van der Waals surface area contributed by atoms with Crippen LogP contribution in [-0.2, 0) is 0 Å². The number of fused-ring (bicyclic) bond motifs is 5. The van der Waals surface area contributed by atoms with Crippen molar-refractivity contribution >= 4 is 0 Å². The molecule has 4 rings (SSSR count). The van der Waals surface area contributed by atoms with Crippen molar-refractivity contribution in [2.24, 2.45) is 28.6 Å². The molecule has 1 N–H and O–H groups in total. The maximum absolute atomic E-state index is 10.2. The molecule has 4 aliphatic rings. The Bertz CT molecular complexity index is 706. The van der Waals surface area contributed by atoms with Crippen LogP contribution < -0.4 is 0 Å². The van der Waals surface area contributed by atoms with Crippen molar-refractivity contribution in [2.75, 3.05) is 0 Å². The van der Waals surface area contributed by atoms with Crippen LogP contribution in [-0.4, -0.2) is 11.2 Å². The molecular weight excluding hydrogens is 340 g/mol. The normalized spacial score (nSPS) is 44.1. The van der Waals surface area contributed by atoms with Gasteiger partial charge >= 0.3 is 0 Å². The molecule has 0 aromatic rings. The smallest absolute Gasteiger partial charge is 0.0577 e. The highest BCUT2D eigenvalue weighted by Gasteiger charge is 2.57. The van der Waals surface area contributed by atoms with Crippen LogP contribution in [0.2, 0.25) is 0 Å². The molecule has 0 bridgehead atoms. The van der Waals surface area contributed by atoms with Crippen LogP contribution in [0.1, 0.15) is 98.8 Å². The Morgan fingerprint density at radius 2 is 1.79 bits per heavy atom. The van der Waals surface area contributed by atoms with Crippen molar-refractivity contribution in [1.82, 2.24) is 0 Å². The van der Waals surface area contributed by atoms with E-state index in [1.165, 1.54) is 56.9 Å². The highest BCUT2D eigenvalue weighted by Crippen LogP contribution is 2.66. The molecular formula is C27H42O. The number of aliphatic hydroxyl groups excluding tert-OH is 1. The van der Waals surface area contributed by atoms with E-state index < -0.39 is 0 Å². The average Bonchev–Trinajstić information content (AvgIpc) is 2.99. The standard InChI is InChI=1S/C27H42O/c1-18(2)7-6-8-19(3)23-11-12-24-22-10-9-20-17-21(28)13-15-26(20,4)25(22)14-16-27(23,24)5/h7,9,21-22,24-25,28H,6,8,10-17H2,1-5H3/b23-19+/t21-,22-,24-,25-,26-,27+/m0/s1. The fourth-order valence-electron chi connectivity index (χ4n) is 7.88. The van der Waals surface area contributed by atoms with E-state index in [4.69, 9.17) is 0 Å². The first-order chi connectivity index (χ1) is 13.3. The van der Waals surface area contributed by atoms with Gasteiger partial charge in [-0.25, -0.2) is 0 Å². The Balaban J connectivity index is 1.58. The number of allylic oxidation sites excluding steroid dienone is 5. The average molecular weight is 383 g/mol. The SMILES string of the molecule is CC(C)=CCC/C(C)=C1\CC[C@H]2[C@@H]3CC=C4C[C@@H](O)CC[C@]4(C)[C@H]3CC[C@]12C. The number of hydrogen-bond acceptors (Lipinski definition) is 1. The first-order valence-corrected chi connectivity index (χ1v) is 12.0. The van der Waals surface area contributed by atoms with Gasteiger partial charge in [0.15, 0.2) is 0 Å². The highest BCUT2D eigenvalue weighted by molar-refractivity contribution is 5.31. The minimum absolute atomic E-state index is 0.0887. The zero-order valence-electron chi connectivity index (χ0n) is 19.0. The van der Waals surface area contributed by atoms with E-state index in [0.717, 1.165) is 30.6 Å². The molecule has 4 aliphatic carbocycles.